The van der Waals surface area contributed by atoms with Crippen LogP contribution in [0.1, 0.15) is 62.5 Å². The van der Waals surface area contributed by atoms with E-state index in [1.165, 1.54) is 51.9 Å². The summed E-state index contributed by atoms with van der Waals surface area (Å²) in [5, 5.41) is 4.92. The van der Waals surface area contributed by atoms with Crippen LogP contribution >= 0.6 is 0 Å². The number of aromatic nitrogens is 2. The molecule has 1 aromatic carbocycles. The lowest BCUT2D eigenvalue weighted by molar-refractivity contribution is 0.210. The Kier molecular flexibility index (Phi) is 8.62. The molecule has 3 aliphatic heterocycles. The fourth-order valence-corrected chi connectivity index (χ4v) is 6.61. The number of likely N-dealkylation sites (N-methyl/N-ethyl adjacent to an activating group) is 1. The Morgan fingerprint density at radius 2 is 1.75 bits per heavy atom. The van der Waals surface area contributed by atoms with Gasteiger partial charge in [0.15, 0.2) is 0 Å². The van der Waals surface area contributed by atoms with Crippen LogP contribution in [-0.2, 0) is 0 Å². The number of nitrogens with one attached hydrogen (secondary N) is 1. The standard InChI is InChI=1S/C32H47N7O/c1-24-27(9-4-5-15-37-16-6-7-17-37)29(40-3)23-28-30(24)34-32(39-18-8-14-36(2)21-22-39)35-31(28)33-25-12-19-38(20-13-25)26-10-11-26/h23,25-26H,5-8,10-22H2,1-3H3,(H,33,34,35). The molecule has 4 aliphatic rings. The lowest BCUT2D eigenvalue weighted by atomic mass is 10.0. The van der Waals surface area contributed by atoms with E-state index < -0.39 is 0 Å². The van der Waals surface area contributed by atoms with Crippen LogP contribution < -0.4 is 15.0 Å². The van der Waals surface area contributed by atoms with Gasteiger partial charge >= 0.3 is 0 Å². The van der Waals surface area contributed by atoms with E-state index >= 15 is 0 Å². The first-order valence-electron chi connectivity index (χ1n) is 15.6. The molecule has 1 aliphatic carbocycles. The second-order valence-electron chi connectivity index (χ2n) is 12.3. The van der Waals surface area contributed by atoms with Gasteiger partial charge in [-0.15, -0.1) is 0 Å². The Morgan fingerprint density at radius 1 is 0.950 bits per heavy atom. The number of ether oxygens (including phenoxy) is 1. The first-order chi connectivity index (χ1) is 19.6. The fourth-order valence-electron chi connectivity index (χ4n) is 6.61. The van der Waals surface area contributed by atoms with Gasteiger partial charge < -0.3 is 29.7 Å². The van der Waals surface area contributed by atoms with Crippen LogP contribution in [0.3, 0.4) is 0 Å². The number of hydrogen-bond acceptors (Lipinski definition) is 8. The maximum Gasteiger partial charge on any atom is 0.227 e. The molecule has 4 fully saturated rings. The van der Waals surface area contributed by atoms with Gasteiger partial charge in [0, 0.05) is 63.2 Å². The summed E-state index contributed by atoms with van der Waals surface area (Å²) in [7, 11) is 3.95. The van der Waals surface area contributed by atoms with Crippen molar-refractivity contribution in [2.24, 2.45) is 0 Å². The number of methoxy groups -OCH3 is 1. The lowest BCUT2D eigenvalue weighted by Gasteiger charge is -2.33. The van der Waals surface area contributed by atoms with Gasteiger partial charge in [-0.2, -0.15) is 4.98 Å². The summed E-state index contributed by atoms with van der Waals surface area (Å²) in [6, 6.07) is 3.39. The molecule has 3 saturated heterocycles. The van der Waals surface area contributed by atoms with Gasteiger partial charge in [0.05, 0.1) is 18.2 Å². The first-order valence-corrected chi connectivity index (χ1v) is 15.6. The Morgan fingerprint density at radius 3 is 2.50 bits per heavy atom. The zero-order valence-electron chi connectivity index (χ0n) is 24.8. The molecule has 8 heteroatoms. The third-order valence-electron chi connectivity index (χ3n) is 9.31. The summed E-state index contributed by atoms with van der Waals surface area (Å²) in [6.45, 7) is 12.0. The number of benzene rings is 1. The van der Waals surface area contributed by atoms with Crippen molar-refractivity contribution in [3.63, 3.8) is 0 Å². The van der Waals surface area contributed by atoms with Crippen LogP contribution in [0.25, 0.3) is 10.9 Å². The minimum atomic E-state index is 0.424. The number of rotatable bonds is 7. The second kappa shape index (κ2) is 12.5. The molecule has 0 bridgehead atoms. The van der Waals surface area contributed by atoms with E-state index in [2.05, 4.69) is 56.8 Å². The predicted molar refractivity (Wildman–Crippen MR) is 164 cm³/mol. The zero-order valence-corrected chi connectivity index (χ0v) is 24.8. The highest BCUT2D eigenvalue weighted by atomic mass is 16.5. The molecule has 0 amide bonds. The van der Waals surface area contributed by atoms with Crippen molar-refractivity contribution in [2.45, 2.75) is 70.4 Å². The molecule has 0 atom stereocenters. The molecular formula is C32H47N7O. The van der Waals surface area contributed by atoms with Crippen LogP contribution in [0, 0.1) is 18.8 Å². The number of nitrogens with zero attached hydrogens (tertiary/aromatic N) is 6. The van der Waals surface area contributed by atoms with Gasteiger partial charge in [-0.1, -0.05) is 11.8 Å². The first kappa shape index (κ1) is 27.6. The van der Waals surface area contributed by atoms with Crippen LogP contribution in [-0.4, -0.2) is 110 Å². The summed E-state index contributed by atoms with van der Waals surface area (Å²) < 4.78 is 5.91. The molecule has 0 radical (unpaired) electrons. The molecule has 1 saturated carbocycles. The highest BCUT2D eigenvalue weighted by Crippen LogP contribution is 2.35. The third kappa shape index (κ3) is 6.32. The molecule has 1 N–H and O–H groups in total. The van der Waals surface area contributed by atoms with Crippen LogP contribution in [0.15, 0.2) is 6.07 Å². The molecule has 40 heavy (non-hydrogen) atoms. The molecule has 2 aromatic rings. The number of fused-ring (bicyclic) bond motifs is 1. The Hall–Kier alpha value is -2.60. The summed E-state index contributed by atoms with van der Waals surface area (Å²) in [6.07, 6.45) is 9.70. The van der Waals surface area contributed by atoms with Crippen molar-refractivity contribution in [2.75, 3.05) is 83.3 Å². The molecule has 1 aromatic heterocycles. The largest absolute Gasteiger partial charge is 0.495 e. The topological polar surface area (TPSA) is 60.0 Å². The zero-order chi connectivity index (χ0) is 27.5. The van der Waals surface area contributed by atoms with Gasteiger partial charge in [-0.25, -0.2) is 4.98 Å². The molecule has 0 unspecified atom stereocenters. The van der Waals surface area contributed by atoms with E-state index in [0.717, 1.165) is 104 Å². The summed E-state index contributed by atoms with van der Waals surface area (Å²) in [4.78, 5) is 20.4. The highest BCUT2D eigenvalue weighted by molar-refractivity contribution is 5.95. The molecule has 8 nitrogen and oxygen atoms in total. The van der Waals surface area contributed by atoms with Crippen LogP contribution in [0.2, 0.25) is 0 Å². The third-order valence-corrected chi connectivity index (χ3v) is 9.31. The van der Waals surface area contributed by atoms with E-state index in [9.17, 15) is 0 Å². The lowest BCUT2D eigenvalue weighted by Crippen LogP contribution is -2.40. The minimum Gasteiger partial charge on any atom is -0.495 e. The van der Waals surface area contributed by atoms with Gasteiger partial charge in [0.25, 0.3) is 0 Å². The van der Waals surface area contributed by atoms with Crippen molar-refractivity contribution in [1.29, 1.82) is 0 Å². The minimum absolute atomic E-state index is 0.424. The van der Waals surface area contributed by atoms with Crippen molar-refractivity contribution in [3.8, 4) is 17.6 Å². The number of anilines is 2. The van der Waals surface area contributed by atoms with E-state index in [1.807, 2.05) is 0 Å². The van der Waals surface area contributed by atoms with Crippen molar-refractivity contribution in [1.82, 2.24) is 24.7 Å². The molecule has 4 heterocycles. The number of aryl methyl sites for hydroxylation is 1. The average molecular weight is 546 g/mol. The Labute approximate surface area is 240 Å². The fraction of sp³-hybridized carbons (Fsp3) is 0.688. The van der Waals surface area contributed by atoms with Crippen molar-refractivity contribution >= 4 is 22.7 Å². The van der Waals surface area contributed by atoms with Gasteiger partial charge in [-0.05, 0) is 90.2 Å². The van der Waals surface area contributed by atoms with Gasteiger partial charge in [-0.3, -0.25) is 0 Å². The summed E-state index contributed by atoms with van der Waals surface area (Å²) in [5.41, 5.74) is 3.04. The smallest absolute Gasteiger partial charge is 0.227 e. The maximum atomic E-state index is 5.91. The van der Waals surface area contributed by atoms with E-state index in [0.29, 0.717) is 6.04 Å². The normalized spacial score (nSPS) is 21.8. The van der Waals surface area contributed by atoms with E-state index in [1.54, 1.807) is 7.11 Å². The van der Waals surface area contributed by atoms with Crippen molar-refractivity contribution in [3.05, 3.63) is 17.2 Å². The monoisotopic (exact) mass is 545 g/mol. The quantitative estimate of drug-likeness (QED) is 0.525. The Balaban J connectivity index is 1.32. The maximum absolute atomic E-state index is 5.91. The molecule has 6 rings (SSSR count). The van der Waals surface area contributed by atoms with Crippen LogP contribution in [0.4, 0.5) is 11.8 Å². The average Bonchev–Trinajstić information content (AvgIpc) is 3.73. The van der Waals surface area contributed by atoms with Crippen LogP contribution in [0.5, 0.6) is 5.75 Å². The Bertz CT molecular complexity index is 1240. The highest BCUT2D eigenvalue weighted by Gasteiger charge is 2.32. The summed E-state index contributed by atoms with van der Waals surface area (Å²) >= 11 is 0. The molecular weight excluding hydrogens is 498 g/mol. The molecule has 0 spiro atoms. The SMILES string of the molecule is COc1cc2c(NC3CCN(C4CC4)CC3)nc(N3CCCN(C)CC3)nc2c(C)c1C#CCCN1CCCC1. The molecule has 216 valence electrons. The number of hydrogen-bond donors (Lipinski definition) is 1. The van der Waals surface area contributed by atoms with E-state index in [4.69, 9.17) is 14.7 Å². The van der Waals surface area contributed by atoms with Gasteiger partial charge in [0.2, 0.25) is 5.95 Å². The summed E-state index contributed by atoms with van der Waals surface area (Å²) in [5.74, 6) is 9.52. The van der Waals surface area contributed by atoms with E-state index in [-0.39, 0.29) is 0 Å². The predicted octanol–water partition coefficient (Wildman–Crippen LogP) is 3.96. The van der Waals surface area contributed by atoms with Gasteiger partial charge in [0.1, 0.15) is 11.6 Å². The number of likely N-dealkylation sites (tertiary alicyclic amines) is 2. The number of piperidine rings is 1. The second-order valence-corrected chi connectivity index (χ2v) is 12.3. The van der Waals surface area contributed by atoms with Crippen molar-refractivity contribution < 1.29 is 4.74 Å².